The Morgan fingerprint density at radius 2 is 1.17 bits per heavy atom. The Morgan fingerprint density at radius 3 is 1.17 bits per heavy atom. The van der Waals surface area contributed by atoms with Gasteiger partial charge in [0, 0.05) is 21.7 Å². The van der Waals surface area contributed by atoms with Gasteiger partial charge in [0.1, 0.15) is 0 Å². The van der Waals surface area contributed by atoms with Crippen LogP contribution in [0.2, 0.25) is 0 Å². The Labute approximate surface area is 78.0 Å². The minimum atomic E-state index is -4.64. The van der Waals surface area contributed by atoms with Crippen LogP contribution in [0.4, 0.5) is 10.6 Å². The average molecular weight is 156 g/mol. The summed E-state index contributed by atoms with van der Waals surface area (Å²) in [6, 6.07) is 0. The van der Waals surface area contributed by atoms with Crippen LogP contribution in [0.3, 0.4) is 0 Å². The molecular weight excluding hydrogens is 155 g/mol. The molecule has 0 atom stereocenters. The molecule has 0 aromatic heterocycles. The van der Waals surface area contributed by atoms with E-state index >= 15 is 0 Å². The van der Waals surface area contributed by atoms with E-state index in [1.54, 1.807) is 0 Å². The molecule has 0 aliphatic carbocycles. The average Bonchev–Trinajstić information content (AvgIpc) is 0.811. The Balaban J connectivity index is -0.0000000150. The first-order valence-corrected chi connectivity index (χ1v) is 1.96. The number of hydrogen-bond acceptors (Lipinski definition) is 0. The second-order valence-corrected chi connectivity index (χ2v) is 0.742. The maximum atomic E-state index is 9.81. The maximum absolute atomic E-state index is 9.81. The third-order valence-electron chi connectivity index (χ3n) is 0. The molecule has 0 spiro atoms. The van der Waals surface area contributed by atoms with E-state index in [4.69, 9.17) is 0 Å². The number of halogens is 3. The summed E-state index contributed by atoms with van der Waals surface area (Å²) in [6.45, 7) is 0. The predicted molar refractivity (Wildman–Crippen MR) is 10.2 cm³/mol. The monoisotopic (exact) mass is 156 g/mol. The van der Waals surface area contributed by atoms with Gasteiger partial charge in [-0.25, -0.2) is 0 Å². The summed E-state index contributed by atoms with van der Waals surface area (Å²) in [5.41, 5.74) is 0. The molecule has 0 amide bonds. The molecule has 0 rings (SSSR count). The first-order valence-electron chi connectivity index (χ1n) is 0.655. The van der Waals surface area contributed by atoms with Crippen LogP contribution in [0.5, 0.6) is 0 Å². The minimum absolute atomic E-state index is 0. The fraction of sp³-hybridized carbons (Fsp3) is 0. The quantitative estimate of drug-likeness (QED) is 0.355. The molecule has 0 aromatic carbocycles. The van der Waals surface area contributed by atoms with Gasteiger partial charge in [-0.3, -0.25) is 0 Å². The van der Waals surface area contributed by atoms with Crippen molar-refractivity contribution in [1.82, 2.24) is 0 Å². The van der Waals surface area contributed by atoms with Gasteiger partial charge in [-0.05, 0) is 0 Å². The van der Waals surface area contributed by atoms with Crippen LogP contribution < -0.4 is 29.6 Å². The summed E-state index contributed by atoms with van der Waals surface area (Å²) in [5.74, 6) is 0. The second kappa shape index (κ2) is 10.1. The summed E-state index contributed by atoms with van der Waals surface area (Å²) in [4.78, 5) is 0. The van der Waals surface area contributed by atoms with E-state index < -0.39 is 15.5 Å². The van der Waals surface area contributed by atoms with Gasteiger partial charge in [-0.2, -0.15) is 0 Å². The van der Waals surface area contributed by atoms with Crippen LogP contribution in [-0.4, -0.2) is 15.5 Å². The molecule has 0 heterocycles. The van der Waals surface area contributed by atoms with Crippen molar-refractivity contribution in [3.8, 4) is 0 Å². The van der Waals surface area contributed by atoms with Crippen LogP contribution in [-0.2, 0) is 21.7 Å². The molecule has 0 unspecified atom stereocenters. The zero-order valence-electron chi connectivity index (χ0n) is 4.21. The molecule has 0 N–H and O–H groups in total. The van der Waals surface area contributed by atoms with Gasteiger partial charge in [0.25, 0.3) is 0 Å². The van der Waals surface area contributed by atoms with Crippen molar-refractivity contribution in [3.05, 3.63) is 0 Å². The molecule has 0 fully saturated rings. The van der Waals surface area contributed by atoms with Gasteiger partial charge in [0.05, 0.1) is 0 Å². The van der Waals surface area contributed by atoms with E-state index in [-0.39, 0.29) is 52.7 Å². The molecule has 0 nitrogen and oxygen atoms in total. The fourth-order valence-electron chi connectivity index (χ4n) is 0. The zero-order valence-corrected chi connectivity index (χ0v) is 7.93. The van der Waals surface area contributed by atoms with Crippen molar-refractivity contribution in [2.75, 3.05) is 0 Å². The first-order chi connectivity index (χ1) is 1.73. The van der Waals surface area contributed by atoms with Crippen molar-refractivity contribution >= 4 is 15.5 Å². The van der Waals surface area contributed by atoms with Crippen LogP contribution in [0.15, 0.2) is 0 Å². The van der Waals surface area contributed by atoms with Crippen molar-refractivity contribution in [2.45, 2.75) is 0 Å². The molecule has 0 saturated carbocycles. The molecule has 6 heteroatoms. The van der Waals surface area contributed by atoms with E-state index in [0.717, 1.165) is 0 Å². The van der Waals surface area contributed by atoms with Crippen molar-refractivity contribution < 1.29 is 63.3 Å². The summed E-state index contributed by atoms with van der Waals surface area (Å²) >= 11 is -4.64. The summed E-state index contributed by atoms with van der Waals surface area (Å²) in [7, 11) is 0. The normalized spacial score (nSPS) is 4.50. The standard InChI is InChI=1S/Al.3FH.Na.Ti.H/h;3*1H;;;/q+3;;;;+1;;-1/p-3. The van der Waals surface area contributed by atoms with E-state index in [9.17, 15) is 10.6 Å². The smallest absolute Gasteiger partial charge is 1.00 e. The molecule has 30 valence electrons. The van der Waals surface area contributed by atoms with Crippen molar-refractivity contribution in [1.29, 1.82) is 0 Å². The van der Waals surface area contributed by atoms with E-state index in [1.165, 1.54) is 0 Å². The van der Waals surface area contributed by atoms with Crippen LogP contribution >= 0.6 is 0 Å². The molecule has 0 aliphatic heterocycles. The van der Waals surface area contributed by atoms with E-state index in [2.05, 4.69) is 0 Å². The summed E-state index contributed by atoms with van der Waals surface area (Å²) < 4.78 is 29.4. The first kappa shape index (κ1) is 15.7. The minimum Gasteiger partial charge on any atom is -1.00 e. The number of hydrogen-bond donors (Lipinski definition) is 0. The Kier molecular flexibility index (Phi) is 26.4. The molecule has 0 aliphatic rings. The third kappa shape index (κ3) is 36.9. The second-order valence-electron chi connectivity index (χ2n) is 0.247. The SMILES string of the molecule is [F][Al]([F])[F].[H-].[Na+].[Ti]. The zero-order chi connectivity index (χ0) is 3.58. The van der Waals surface area contributed by atoms with Crippen LogP contribution in [0.25, 0.3) is 0 Å². The molecular formula is HAlF3NaTi. The maximum Gasteiger partial charge on any atom is 1.04 e. The Hall–Kier alpha value is 2.04. The third-order valence-corrected chi connectivity index (χ3v) is 0. The van der Waals surface area contributed by atoms with Crippen LogP contribution in [0.1, 0.15) is 1.43 Å². The molecule has 0 bridgehead atoms. The summed E-state index contributed by atoms with van der Waals surface area (Å²) in [6.07, 6.45) is 0. The predicted octanol–water partition coefficient (Wildman–Crippen LogP) is -2.01. The van der Waals surface area contributed by atoms with E-state index in [0.29, 0.717) is 0 Å². The van der Waals surface area contributed by atoms with Crippen molar-refractivity contribution in [3.63, 3.8) is 0 Å². The number of rotatable bonds is 0. The fourth-order valence-corrected chi connectivity index (χ4v) is 0. The van der Waals surface area contributed by atoms with Gasteiger partial charge in [0.2, 0.25) is 0 Å². The summed E-state index contributed by atoms with van der Waals surface area (Å²) in [5, 5.41) is 0. The largest absolute Gasteiger partial charge is 1.04 e. The van der Waals surface area contributed by atoms with Gasteiger partial charge < -0.3 is 12.0 Å². The molecule has 0 radical (unpaired) electrons. The van der Waals surface area contributed by atoms with Crippen molar-refractivity contribution in [2.24, 2.45) is 0 Å². The molecule has 0 aromatic rings. The Bertz CT molecular complexity index is 19.7. The van der Waals surface area contributed by atoms with Crippen LogP contribution in [0, 0.1) is 0 Å². The van der Waals surface area contributed by atoms with E-state index in [1.807, 2.05) is 0 Å². The van der Waals surface area contributed by atoms with Gasteiger partial charge in [-0.15, -0.1) is 0 Å². The molecule has 0 saturated heterocycles. The Morgan fingerprint density at radius 1 is 1.17 bits per heavy atom. The van der Waals surface area contributed by atoms with Gasteiger partial charge >= 0.3 is 45.1 Å². The van der Waals surface area contributed by atoms with Gasteiger partial charge in [-0.1, -0.05) is 0 Å². The topological polar surface area (TPSA) is 0 Å². The van der Waals surface area contributed by atoms with Gasteiger partial charge in [0.15, 0.2) is 0 Å². The molecule has 6 heavy (non-hydrogen) atoms.